The summed E-state index contributed by atoms with van der Waals surface area (Å²) in [4.78, 5) is 3.98. The topological polar surface area (TPSA) is 114 Å². The van der Waals surface area contributed by atoms with Gasteiger partial charge in [-0.15, -0.1) is 25.3 Å². The second-order valence-corrected chi connectivity index (χ2v) is 13.0. The Hall–Kier alpha value is -1.28. The number of hydrogen-bond acceptors (Lipinski definition) is 10. The van der Waals surface area contributed by atoms with E-state index in [1.165, 1.54) is 59.9 Å². The molecule has 0 saturated carbocycles. The van der Waals surface area contributed by atoms with Crippen LogP contribution >= 0.6 is 48.8 Å². The van der Waals surface area contributed by atoms with Crippen molar-refractivity contribution < 1.29 is 45.4 Å². The van der Waals surface area contributed by atoms with E-state index in [1.54, 1.807) is 0 Å². The molecule has 0 bridgehead atoms. The van der Waals surface area contributed by atoms with Gasteiger partial charge in [0.2, 0.25) is 0 Å². The molecule has 0 amide bonds. The van der Waals surface area contributed by atoms with E-state index in [-0.39, 0.29) is 29.3 Å². The van der Waals surface area contributed by atoms with Crippen LogP contribution in [-0.4, -0.2) is 25.9 Å². The maximum atomic E-state index is 11.0. The summed E-state index contributed by atoms with van der Waals surface area (Å²) in [7, 11) is -8.86. The first-order valence-corrected chi connectivity index (χ1v) is 15.3. The van der Waals surface area contributed by atoms with Crippen molar-refractivity contribution >= 4 is 69.0 Å². The van der Waals surface area contributed by atoms with E-state index in [4.69, 9.17) is 0 Å². The Balaban J connectivity index is 0.000000253. The van der Waals surface area contributed by atoms with Crippen LogP contribution in [0.1, 0.15) is 0 Å². The largest absolute Gasteiger partial charge is 2.00 e. The number of thiol groups is 2. The Morgan fingerprint density at radius 2 is 0.865 bits per heavy atom. The van der Waals surface area contributed by atoms with Gasteiger partial charge in [0.05, 0.1) is 9.79 Å². The predicted molar refractivity (Wildman–Crippen MR) is 144 cm³/mol. The maximum absolute atomic E-state index is 11.0. The summed E-state index contributed by atoms with van der Waals surface area (Å²) in [5.74, 6) is 0. The second-order valence-electron chi connectivity index (χ2n) is 7.00. The molecule has 0 N–H and O–H groups in total. The predicted octanol–water partition coefficient (Wildman–Crippen LogP) is 6.06. The van der Waals surface area contributed by atoms with Gasteiger partial charge in [-0.1, -0.05) is 59.9 Å². The molecule has 0 atom stereocenters. The van der Waals surface area contributed by atoms with E-state index >= 15 is 0 Å². The first kappa shape index (κ1) is 31.9. The minimum atomic E-state index is -4.43. The third-order valence-corrected chi connectivity index (χ3v) is 9.26. The smallest absolute Gasteiger partial charge is 0.744 e. The van der Waals surface area contributed by atoms with Crippen molar-refractivity contribution in [2.45, 2.75) is 39.2 Å². The number of benzene rings is 4. The first-order valence-electron chi connectivity index (χ1n) is 9.97. The van der Waals surface area contributed by atoms with Gasteiger partial charge < -0.3 is 9.11 Å². The Morgan fingerprint density at radius 1 is 0.541 bits per heavy atom. The molecule has 188 valence electrons. The fraction of sp³-hybridized carbons (Fsp3) is 0. The SMILES string of the molecule is O=S(=O)([O-])c1ccc(S)c(Sc2ccccc2)c1.O=S(=O)([O-])c1ccc(S)c(Sc2ccccc2)c1.[Zn+2]. The molecule has 0 aliphatic rings. The third-order valence-electron chi connectivity index (χ3n) is 4.38. The molecule has 0 aromatic heterocycles. The van der Waals surface area contributed by atoms with Crippen molar-refractivity contribution in [2.75, 3.05) is 0 Å². The van der Waals surface area contributed by atoms with E-state index in [0.29, 0.717) is 19.6 Å². The van der Waals surface area contributed by atoms with Gasteiger partial charge in [-0.3, -0.25) is 0 Å². The van der Waals surface area contributed by atoms with Gasteiger partial charge >= 0.3 is 19.5 Å². The van der Waals surface area contributed by atoms with Crippen LogP contribution in [0.3, 0.4) is 0 Å². The van der Waals surface area contributed by atoms with Crippen LogP contribution in [0.5, 0.6) is 0 Å². The monoisotopic (exact) mass is 658 g/mol. The minimum absolute atomic E-state index is 0. The van der Waals surface area contributed by atoms with E-state index in [0.717, 1.165) is 9.79 Å². The summed E-state index contributed by atoms with van der Waals surface area (Å²) >= 11 is 11.2. The van der Waals surface area contributed by atoms with Crippen molar-refractivity contribution in [3.8, 4) is 0 Å². The van der Waals surface area contributed by atoms with Crippen LogP contribution in [0, 0.1) is 0 Å². The average molecular weight is 660 g/mol. The summed E-state index contributed by atoms with van der Waals surface area (Å²) in [6.45, 7) is 0. The van der Waals surface area contributed by atoms with E-state index in [2.05, 4.69) is 25.3 Å². The van der Waals surface area contributed by atoms with Crippen molar-refractivity contribution in [1.29, 1.82) is 0 Å². The van der Waals surface area contributed by atoms with Gasteiger partial charge in [0, 0.05) is 29.4 Å². The van der Waals surface area contributed by atoms with Crippen LogP contribution in [-0.2, 0) is 39.7 Å². The van der Waals surface area contributed by atoms with E-state index in [1.807, 2.05) is 60.7 Å². The molecule has 4 aromatic rings. The molecule has 0 aliphatic carbocycles. The van der Waals surface area contributed by atoms with Gasteiger partial charge in [-0.25, -0.2) is 16.8 Å². The second kappa shape index (κ2) is 14.2. The summed E-state index contributed by atoms with van der Waals surface area (Å²) in [5.41, 5.74) is 0. The Bertz CT molecular complexity index is 1430. The fourth-order valence-corrected chi connectivity index (χ4v) is 6.20. The van der Waals surface area contributed by atoms with Crippen molar-refractivity contribution in [3.63, 3.8) is 0 Å². The van der Waals surface area contributed by atoms with Crippen LogP contribution in [0.25, 0.3) is 0 Å². The first-order chi connectivity index (χ1) is 16.9. The maximum Gasteiger partial charge on any atom is 2.00 e. The van der Waals surface area contributed by atoms with Gasteiger partial charge in [0.1, 0.15) is 20.2 Å². The van der Waals surface area contributed by atoms with Crippen molar-refractivity contribution in [2.24, 2.45) is 0 Å². The summed E-state index contributed by atoms with van der Waals surface area (Å²) < 4.78 is 65.8. The molecular formula is C24H18O6S6Zn. The van der Waals surface area contributed by atoms with E-state index in [9.17, 15) is 25.9 Å². The van der Waals surface area contributed by atoms with Crippen LogP contribution < -0.4 is 0 Å². The standard InChI is InChI=1S/2C12H10O3S3.Zn/c2*13-18(14,15)10-6-7-11(16)12(8-10)17-9-4-2-1-3-5-9;/h2*1-8,16H,(H,13,14,15);/q;;+2/p-2. The normalized spacial score (nSPS) is 11.1. The summed E-state index contributed by atoms with van der Waals surface area (Å²) in [6.07, 6.45) is 0. The van der Waals surface area contributed by atoms with Crippen LogP contribution in [0.15, 0.2) is 136 Å². The van der Waals surface area contributed by atoms with Crippen LogP contribution in [0.4, 0.5) is 0 Å². The zero-order valence-electron chi connectivity index (χ0n) is 18.9. The molecule has 4 aromatic carbocycles. The number of hydrogen-bond donors (Lipinski definition) is 2. The molecule has 0 saturated heterocycles. The molecule has 13 heteroatoms. The molecule has 0 unspecified atom stereocenters. The molecule has 4 rings (SSSR count). The average Bonchev–Trinajstić information content (AvgIpc) is 2.82. The molecule has 0 radical (unpaired) electrons. The van der Waals surface area contributed by atoms with Gasteiger partial charge in [0.25, 0.3) is 0 Å². The molecule has 0 spiro atoms. The zero-order valence-corrected chi connectivity index (χ0v) is 26.9. The summed E-state index contributed by atoms with van der Waals surface area (Å²) in [5, 5.41) is 0. The molecular weight excluding hydrogens is 642 g/mol. The quantitative estimate of drug-likeness (QED) is 0.146. The Labute approximate surface area is 248 Å². The number of rotatable bonds is 6. The zero-order chi connectivity index (χ0) is 26.3. The minimum Gasteiger partial charge on any atom is -0.744 e. The fourth-order valence-electron chi connectivity index (χ4n) is 2.69. The molecule has 6 nitrogen and oxygen atoms in total. The molecule has 37 heavy (non-hydrogen) atoms. The third kappa shape index (κ3) is 10.1. The summed E-state index contributed by atoms with van der Waals surface area (Å²) in [6, 6.07) is 27.2. The molecule has 0 heterocycles. The van der Waals surface area contributed by atoms with Gasteiger partial charge in [0.15, 0.2) is 0 Å². The van der Waals surface area contributed by atoms with Gasteiger partial charge in [-0.05, 0) is 60.7 Å². The van der Waals surface area contributed by atoms with E-state index < -0.39 is 20.2 Å². The molecule has 0 fully saturated rings. The van der Waals surface area contributed by atoms with Gasteiger partial charge in [-0.2, -0.15) is 0 Å². The molecule has 0 aliphatic heterocycles. The Morgan fingerprint density at radius 3 is 1.16 bits per heavy atom. The Kier molecular flexibility index (Phi) is 12.3. The van der Waals surface area contributed by atoms with Crippen molar-refractivity contribution in [3.05, 3.63) is 97.1 Å². The van der Waals surface area contributed by atoms with Crippen molar-refractivity contribution in [1.82, 2.24) is 0 Å². The van der Waals surface area contributed by atoms with Crippen LogP contribution in [0.2, 0.25) is 0 Å².